The lowest BCUT2D eigenvalue weighted by Crippen LogP contribution is -2.14. The number of nitriles is 1. The summed E-state index contributed by atoms with van der Waals surface area (Å²) in [4.78, 5) is 23.1. The lowest BCUT2D eigenvalue weighted by atomic mass is 10.1. The van der Waals surface area contributed by atoms with E-state index < -0.39 is 10.8 Å². The molecular formula is C19H16BrN3O5. The van der Waals surface area contributed by atoms with Gasteiger partial charge >= 0.3 is 0 Å². The maximum atomic E-state index is 12.5. The second kappa shape index (κ2) is 9.53. The van der Waals surface area contributed by atoms with Crippen molar-refractivity contribution >= 4 is 39.3 Å². The molecule has 0 aliphatic heterocycles. The largest absolute Gasteiger partial charge is 0.496 e. The minimum atomic E-state index is -0.779. The van der Waals surface area contributed by atoms with Crippen LogP contribution < -0.4 is 14.8 Å². The van der Waals surface area contributed by atoms with Gasteiger partial charge in [-0.25, -0.2) is 0 Å². The molecule has 0 bridgehead atoms. The molecule has 8 nitrogen and oxygen atoms in total. The molecule has 0 spiro atoms. The van der Waals surface area contributed by atoms with Crippen LogP contribution in [0.25, 0.3) is 6.08 Å². The summed E-state index contributed by atoms with van der Waals surface area (Å²) in [5.41, 5.74) is -0.102. The molecule has 0 heterocycles. The molecule has 2 rings (SSSR count). The van der Waals surface area contributed by atoms with E-state index in [9.17, 15) is 20.2 Å². The number of hydrogen-bond acceptors (Lipinski definition) is 6. The zero-order chi connectivity index (χ0) is 20.7. The van der Waals surface area contributed by atoms with E-state index in [1.807, 2.05) is 13.0 Å². The van der Waals surface area contributed by atoms with E-state index in [2.05, 4.69) is 21.2 Å². The van der Waals surface area contributed by atoms with Crippen molar-refractivity contribution in [3.8, 4) is 17.6 Å². The second-order valence-corrected chi connectivity index (χ2v) is 6.29. The Kier molecular flexibility index (Phi) is 7.12. The van der Waals surface area contributed by atoms with Gasteiger partial charge in [0.1, 0.15) is 28.8 Å². The Morgan fingerprint density at radius 1 is 1.36 bits per heavy atom. The summed E-state index contributed by atoms with van der Waals surface area (Å²) in [5, 5.41) is 23.1. The fraction of sp³-hybridized carbons (Fsp3) is 0.158. The summed E-state index contributed by atoms with van der Waals surface area (Å²) in [6.45, 7) is 2.23. The number of amides is 1. The third-order valence-electron chi connectivity index (χ3n) is 3.59. The van der Waals surface area contributed by atoms with Crippen LogP contribution in [0.3, 0.4) is 0 Å². The average molecular weight is 446 g/mol. The van der Waals surface area contributed by atoms with Crippen LogP contribution in [-0.2, 0) is 4.79 Å². The van der Waals surface area contributed by atoms with Crippen LogP contribution in [0.2, 0.25) is 0 Å². The van der Waals surface area contributed by atoms with Crippen LogP contribution in [0.15, 0.2) is 46.4 Å². The highest BCUT2D eigenvalue weighted by Gasteiger charge is 2.19. The number of carbonyl (C=O) groups excluding carboxylic acids is 1. The minimum absolute atomic E-state index is 0.0452. The van der Waals surface area contributed by atoms with Crippen molar-refractivity contribution in [2.45, 2.75) is 6.92 Å². The molecule has 2 aromatic carbocycles. The lowest BCUT2D eigenvalue weighted by Gasteiger charge is -2.09. The third kappa shape index (κ3) is 5.08. The third-order valence-corrected chi connectivity index (χ3v) is 4.08. The van der Waals surface area contributed by atoms with Crippen LogP contribution in [0.5, 0.6) is 11.5 Å². The van der Waals surface area contributed by atoms with Crippen molar-refractivity contribution in [1.82, 2.24) is 0 Å². The smallest absolute Gasteiger partial charge is 0.296 e. The van der Waals surface area contributed by atoms with E-state index in [1.165, 1.54) is 31.4 Å². The minimum Gasteiger partial charge on any atom is -0.496 e. The van der Waals surface area contributed by atoms with E-state index in [-0.39, 0.29) is 22.7 Å². The molecule has 2 aromatic rings. The summed E-state index contributed by atoms with van der Waals surface area (Å²) in [5.74, 6) is -0.00360. The molecule has 9 heteroatoms. The first kappa shape index (κ1) is 20.9. The Morgan fingerprint density at radius 3 is 2.71 bits per heavy atom. The number of nitrogens with zero attached hydrogens (tertiary/aromatic N) is 2. The maximum Gasteiger partial charge on any atom is 0.296 e. The lowest BCUT2D eigenvalue weighted by molar-refractivity contribution is -0.384. The number of benzene rings is 2. The fourth-order valence-electron chi connectivity index (χ4n) is 2.31. The summed E-state index contributed by atoms with van der Waals surface area (Å²) >= 11 is 3.33. The SMILES string of the molecule is CCOc1ccc(Br)cc1/C=C(\C#N)C(=O)Nc1ccc(OC)cc1[N+](=O)[O-]. The van der Waals surface area contributed by atoms with E-state index >= 15 is 0 Å². The number of nitro benzene ring substituents is 1. The van der Waals surface area contributed by atoms with Gasteiger partial charge in [0.05, 0.1) is 24.7 Å². The topological polar surface area (TPSA) is 114 Å². The molecule has 0 radical (unpaired) electrons. The summed E-state index contributed by atoms with van der Waals surface area (Å²) in [7, 11) is 1.38. The normalized spacial score (nSPS) is 10.7. The monoisotopic (exact) mass is 445 g/mol. The number of nitrogens with one attached hydrogen (secondary N) is 1. The molecule has 0 unspecified atom stereocenters. The summed E-state index contributed by atoms with van der Waals surface area (Å²) in [6, 6.07) is 11.0. The average Bonchev–Trinajstić information content (AvgIpc) is 2.68. The van der Waals surface area contributed by atoms with Crippen molar-refractivity contribution in [1.29, 1.82) is 5.26 Å². The van der Waals surface area contributed by atoms with Crippen LogP contribution >= 0.6 is 15.9 Å². The van der Waals surface area contributed by atoms with E-state index in [4.69, 9.17) is 9.47 Å². The molecule has 1 N–H and O–H groups in total. The number of hydrogen-bond donors (Lipinski definition) is 1. The second-order valence-electron chi connectivity index (χ2n) is 5.38. The van der Waals surface area contributed by atoms with E-state index in [1.54, 1.807) is 18.2 Å². The first-order valence-corrected chi connectivity index (χ1v) is 8.86. The van der Waals surface area contributed by atoms with Crippen molar-refractivity contribution in [3.05, 3.63) is 62.1 Å². The van der Waals surface area contributed by atoms with Crippen LogP contribution in [0.1, 0.15) is 12.5 Å². The van der Waals surface area contributed by atoms with Crippen molar-refractivity contribution in [2.75, 3.05) is 19.0 Å². The molecule has 0 fully saturated rings. The van der Waals surface area contributed by atoms with Gasteiger partial charge in [-0.2, -0.15) is 5.26 Å². The van der Waals surface area contributed by atoms with Crippen molar-refractivity contribution in [3.63, 3.8) is 0 Å². The van der Waals surface area contributed by atoms with Gasteiger partial charge in [-0.15, -0.1) is 0 Å². The standard InChI is InChI=1S/C19H16BrN3O5/c1-3-28-18-7-4-14(20)9-12(18)8-13(11-21)19(24)22-16-6-5-15(27-2)10-17(16)23(25)26/h4-10H,3H2,1-2H3,(H,22,24)/b13-8+. The first-order valence-electron chi connectivity index (χ1n) is 8.07. The van der Waals surface area contributed by atoms with Gasteiger partial charge in [-0.05, 0) is 43.3 Å². The van der Waals surface area contributed by atoms with Crippen LogP contribution in [-0.4, -0.2) is 24.5 Å². The Hall–Kier alpha value is -3.38. The Balaban J connectivity index is 2.38. The van der Waals surface area contributed by atoms with Gasteiger partial charge in [0.15, 0.2) is 0 Å². The highest BCUT2D eigenvalue weighted by Crippen LogP contribution is 2.30. The summed E-state index contributed by atoms with van der Waals surface area (Å²) in [6.07, 6.45) is 1.36. The molecular weight excluding hydrogens is 430 g/mol. The number of ether oxygens (including phenoxy) is 2. The molecule has 0 saturated heterocycles. The Morgan fingerprint density at radius 2 is 2.11 bits per heavy atom. The highest BCUT2D eigenvalue weighted by molar-refractivity contribution is 9.10. The van der Waals surface area contributed by atoms with Crippen LogP contribution in [0.4, 0.5) is 11.4 Å². The van der Waals surface area contributed by atoms with Gasteiger partial charge in [0.25, 0.3) is 11.6 Å². The predicted molar refractivity (Wildman–Crippen MR) is 107 cm³/mol. The zero-order valence-electron chi connectivity index (χ0n) is 15.1. The zero-order valence-corrected chi connectivity index (χ0v) is 16.6. The fourth-order valence-corrected chi connectivity index (χ4v) is 2.69. The molecule has 0 saturated carbocycles. The number of carbonyl (C=O) groups is 1. The van der Waals surface area contributed by atoms with E-state index in [0.717, 1.165) is 4.47 Å². The van der Waals surface area contributed by atoms with Crippen LogP contribution in [0, 0.1) is 21.4 Å². The highest BCUT2D eigenvalue weighted by atomic mass is 79.9. The molecule has 144 valence electrons. The number of methoxy groups -OCH3 is 1. The number of anilines is 1. The van der Waals surface area contributed by atoms with Crippen molar-refractivity contribution in [2.24, 2.45) is 0 Å². The van der Waals surface area contributed by atoms with Gasteiger partial charge < -0.3 is 14.8 Å². The van der Waals surface area contributed by atoms with Gasteiger partial charge in [0.2, 0.25) is 0 Å². The number of rotatable bonds is 7. The van der Waals surface area contributed by atoms with Gasteiger partial charge in [-0.1, -0.05) is 15.9 Å². The van der Waals surface area contributed by atoms with E-state index in [0.29, 0.717) is 17.9 Å². The number of halogens is 1. The van der Waals surface area contributed by atoms with Gasteiger partial charge in [0, 0.05) is 10.0 Å². The predicted octanol–water partition coefficient (Wildman–Crippen LogP) is 4.31. The molecule has 0 aromatic heterocycles. The molecule has 28 heavy (non-hydrogen) atoms. The molecule has 0 aliphatic rings. The maximum absolute atomic E-state index is 12.5. The Labute approximate surface area is 169 Å². The molecule has 1 amide bonds. The first-order chi connectivity index (χ1) is 13.4. The van der Waals surface area contributed by atoms with Crippen molar-refractivity contribution < 1.29 is 19.2 Å². The molecule has 0 aliphatic carbocycles. The molecule has 0 atom stereocenters. The quantitative estimate of drug-likeness (QED) is 0.293. The summed E-state index contributed by atoms with van der Waals surface area (Å²) < 4.78 is 11.2. The van der Waals surface area contributed by atoms with Gasteiger partial charge in [-0.3, -0.25) is 14.9 Å². The Bertz CT molecular complexity index is 982. The number of nitro groups is 1.